The highest BCUT2D eigenvalue weighted by Crippen LogP contribution is 2.01. The zero-order valence-corrected chi connectivity index (χ0v) is 8.05. The average Bonchev–Trinajstić information content (AvgIpc) is 1.86. The largest absolute Gasteiger partial charge is 0.303 e. The normalized spacial score (nSPS) is 13.5. The standard InChI is InChI=1S/C9H19NO/c1-5-6-10(4)8(2)7-9(3)11/h8H,5-7H2,1-4H3. The van der Waals surface area contributed by atoms with Crippen molar-refractivity contribution in [1.82, 2.24) is 4.90 Å². The van der Waals surface area contributed by atoms with Gasteiger partial charge in [-0.25, -0.2) is 0 Å². The van der Waals surface area contributed by atoms with E-state index in [2.05, 4.69) is 25.8 Å². The fourth-order valence-electron chi connectivity index (χ4n) is 1.14. The van der Waals surface area contributed by atoms with Crippen LogP contribution in [-0.2, 0) is 4.79 Å². The highest BCUT2D eigenvalue weighted by Gasteiger charge is 2.09. The third-order valence-corrected chi connectivity index (χ3v) is 1.91. The Labute approximate surface area is 69.6 Å². The molecule has 0 amide bonds. The maximum Gasteiger partial charge on any atom is 0.131 e. The first-order valence-corrected chi connectivity index (χ1v) is 4.27. The van der Waals surface area contributed by atoms with Gasteiger partial charge in [-0.1, -0.05) is 6.92 Å². The molecule has 11 heavy (non-hydrogen) atoms. The van der Waals surface area contributed by atoms with E-state index in [1.807, 2.05) is 0 Å². The molecule has 0 saturated heterocycles. The Hall–Kier alpha value is -0.370. The molecule has 0 aliphatic carbocycles. The summed E-state index contributed by atoms with van der Waals surface area (Å²) in [6.07, 6.45) is 1.83. The predicted molar refractivity (Wildman–Crippen MR) is 47.7 cm³/mol. The van der Waals surface area contributed by atoms with Gasteiger partial charge < -0.3 is 4.90 Å². The Bertz CT molecular complexity index is 123. The van der Waals surface area contributed by atoms with Crippen LogP contribution in [0, 0.1) is 0 Å². The fraction of sp³-hybridized carbons (Fsp3) is 0.889. The summed E-state index contributed by atoms with van der Waals surface area (Å²) in [4.78, 5) is 13.0. The number of nitrogens with zero attached hydrogens (tertiary/aromatic N) is 1. The lowest BCUT2D eigenvalue weighted by Crippen LogP contribution is -2.31. The van der Waals surface area contributed by atoms with Crippen molar-refractivity contribution in [1.29, 1.82) is 0 Å². The molecule has 0 spiro atoms. The van der Waals surface area contributed by atoms with Gasteiger partial charge in [-0.05, 0) is 33.9 Å². The quantitative estimate of drug-likeness (QED) is 0.605. The van der Waals surface area contributed by atoms with Crippen molar-refractivity contribution in [2.45, 2.75) is 39.7 Å². The SMILES string of the molecule is CCCN(C)C(C)CC(C)=O. The number of Topliss-reactive ketones (excluding diaryl/α,β-unsaturated/α-hetero) is 1. The van der Waals surface area contributed by atoms with Gasteiger partial charge in [0.2, 0.25) is 0 Å². The number of rotatable bonds is 5. The van der Waals surface area contributed by atoms with Crippen LogP contribution in [0.4, 0.5) is 0 Å². The van der Waals surface area contributed by atoms with Gasteiger partial charge in [0.1, 0.15) is 5.78 Å². The van der Waals surface area contributed by atoms with E-state index >= 15 is 0 Å². The van der Waals surface area contributed by atoms with Crippen LogP contribution >= 0.6 is 0 Å². The monoisotopic (exact) mass is 157 g/mol. The first-order chi connectivity index (χ1) is 5.07. The maximum absolute atomic E-state index is 10.7. The van der Waals surface area contributed by atoms with Crippen LogP contribution in [-0.4, -0.2) is 30.3 Å². The Balaban J connectivity index is 3.63. The van der Waals surface area contributed by atoms with Gasteiger partial charge >= 0.3 is 0 Å². The lowest BCUT2D eigenvalue weighted by molar-refractivity contribution is -0.118. The van der Waals surface area contributed by atoms with E-state index in [0.717, 1.165) is 13.0 Å². The lowest BCUT2D eigenvalue weighted by Gasteiger charge is -2.22. The summed E-state index contributed by atoms with van der Waals surface area (Å²) in [5.74, 6) is 0.278. The third-order valence-electron chi connectivity index (χ3n) is 1.91. The van der Waals surface area contributed by atoms with E-state index in [1.54, 1.807) is 6.92 Å². The molecule has 0 aromatic rings. The zero-order valence-electron chi connectivity index (χ0n) is 8.05. The van der Waals surface area contributed by atoms with Crippen LogP contribution in [0.25, 0.3) is 0 Å². The first kappa shape index (κ1) is 10.6. The minimum Gasteiger partial charge on any atom is -0.303 e. The molecule has 0 rings (SSSR count). The number of hydrogen-bond donors (Lipinski definition) is 0. The molecular weight excluding hydrogens is 138 g/mol. The van der Waals surface area contributed by atoms with Crippen molar-refractivity contribution in [3.8, 4) is 0 Å². The number of ketones is 1. The highest BCUT2D eigenvalue weighted by atomic mass is 16.1. The van der Waals surface area contributed by atoms with Gasteiger partial charge in [0.25, 0.3) is 0 Å². The Morgan fingerprint density at radius 1 is 1.55 bits per heavy atom. The Morgan fingerprint density at radius 2 is 2.09 bits per heavy atom. The van der Waals surface area contributed by atoms with Gasteiger partial charge in [-0.15, -0.1) is 0 Å². The van der Waals surface area contributed by atoms with E-state index in [-0.39, 0.29) is 5.78 Å². The molecular formula is C9H19NO. The minimum atomic E-state index is 0.278. The van der Waals surface area contributed by atoms with Crippen molar-refractivity contribution in [3.05, 3.63) is 0 Å². The van der Waals surface area contributed by atoms with Crippen molar-refractivity contribution in [2.75, 3.05) is 13.6 Å². The highest BCUT2D eigenvalue weighted by molar-refractivity contribution is 5.76. The van der Waals surface area contributed by atoms with Crippen LogP contribution < -0.4 is 0 Å². The molecule has 0 aromatic carbocycles. The Kier molecular flexibility index (Phi) is 5.12. The summed E-state index contributed by atoms with van der Waals surface area (Å²) in [6, 6.07) is 0.396. The summed E-state index contributed by atoms with van der Waals surface area (Å²) in [5, 5.41) is 0. The van der Waals surface area contributed by atoms with Crippen molar-refractivity contribution in [3.63, 3.8) is 0 Å². The third kappa shape index (κ3) is 4.96. The van der Waals surface area contributed by atoms with Crippen LogP contribution in [0.15, 0.2) is 0 Å². The fourth-order valence-corrected chi connectivity index (χ4v) is 1.14. The molecule has 0 bridgehead atoms. The number of carbonyl (C=O) groups is 1. The second-order valence-corrected chi connectivity index (χ2v) is 3.24. The Morgan fingerprint density at radius 3 is 2.45 bits per heavy atom. The van der Waals surface area contributed by atoms with E-state index in [4.69, 9.17) is 0 Å². The summed E-state index contributed by atoms with van der Waals surface area (Å²) < 4.78 is 0. The molecule has 66 valence electrons. The molecule has 0 heterocycles. The van der Waals surface area contributed by atoms with E-state index in [0.29, 0.717) is 12.5 Å². The molecule has 0 aliphatic heterocycles. The molecule has 1 unspecified atom stereocenters. The van der Waals surface area contributed by atoms with Crippen molar-refractivity contribution < 1.29 is 4.79 Å². The molecule has 1 atom stereocenters. The smallest absolute Gasteiger partial charge is 0.131 e. The van der Waals surface area contributed by atoms with E-state index in [9.17, 15) is 4.79 Å². The molecule has 2 heteroatoms. The molecule has 2 nitrogen and oxygen atoms in total. The molecule has 0 aliphatic rings. The average molecular weight is 157 g/mol. The zero-order chi connectivity index (χ0) is 8.85. The molecule has 0 radical (unpaired) electrons. The summed E-state index contributed by atoms with van der Waals surface area (Å²) in [5.41, 5.74) is 0. The van der Waals surface area contributed by atoms with Gasteiger partial charge in [-0.3, -0.25) is 4.79 Å². The second kappa shape index (κ2) is 5.30. The molecule has 0 N–H and O–H groups in total. The van der Waals surface area contributed by atoms with Crippen LogP contribution in [0.1, 0.15) is 33.6 Å². The van der Waals surface area contributed by atoms with Gasteiger partial charge in [-0.2, -0.15) is 0 Å². The molecule has 0 fully saturated rings. The summed E-state index contributed by atoms with van der Waals surface area (Å²) in [7, 11) is 2.07. The minimum absolute atomic E-state index is 0.278. The van der Waals surface area contributed by atoms with E-state index in [1.165, 1.54) is 0 Å². The van der Waals surface area contributed by atoms with Crippen molar-refractivity contribution >= 4 is 5.78 Å². The van der Waals surface area contributed by atoms with Gasteiger partial charge in [0, 0.05) is 12.5 Å². The second-order valence-electron chi connectivity index (χ2n) is 3.24. The first-order valence-electron chi connectivity index (χ1n) is 4.27. The summed E-state index contributed by atoms with van der Waals surface area (Å²) >= 11 is 0. The van der Waals surface area contributed by atoms with Gasteiger partial charge in [0.15, 0.2) is 0 Å². The van der Waals surface area contributed by atoms with Crippen LogP contribution in [0.5, 0.6) is 0 Å². The van der Waals surface area contributed by atoms with Gasteiger partial charge in [0.05, 0.1) is 0 Å². The van der Waals surface area contributed by atoms with Crippen LogP contribution in [0.3, 0.4) is 0 Å². The summed E-state index contributed by atoms with van der Waals surface area (Å²) in [6.45, 7) is 6.97. The maximum atomic E-state index is 10.7. The topological polar surface area (TPSA) is 20.3 Å². The lowest BCUT2D eigenvalue weighted by atomic mass is 10.1. The van der Waals surface area contributed by atoms with E-state index < -0.39 is 0 Å². The van der Waals surface area contributed by atoms with Crippen LogP contribution in [0.2, 0.25) is 0 Å². The number of carbonyl (C=O) groups excluding carboxylic acids is 1. The van der Waals surface area contributed by atoms with Crippen molar-refractivity contribution in [2.24, 2.45) is 0 Å². The molecule has 0 aromatic heterocycles. The molecule has 0 saturated carbocycles. The number of hydrogen-bond acceptors (Lipinski definition) is 2. The predicted octanol–water partition coefficient (Wildman–Crippen LogP) is 1.70.